The molecule has 0 bridgehead atoms. The van der Waals surface area contributed by atoms with Crippen LogP contribution in [0.5, 0.6) is 0 Å². The van der Waals surface area contributed by atoms with Crippen molar-refractivity contribution in [3.63, 3.8) is 0 Å². The molecule has 1 fully saturated rings. The van der Waals surface area contributed by atoms with Crippen LogP contribution >= 0.6 is 15.9 Å². The van der Waals surface area contributed by atoms with Gasteiger partial charge in [-0.15, -0.1) is 0 Å². The van der Waals surface area contributed by atoms with Gasteiger partial charge in [0.2, 0.25) is 5.91 Å². The Hall–Kier alpha value is -0.950. The number of carbonyl (C=O) groups excluding carboxylic acids is 1. The largest absolute Gasteiger partial charge is 0.354 e. The van der Waals surface area contributed by atoms with Gasteiger partial charge in [-0.25, -0.2) is 10.9 Å². The number of amides is 1. The van der Waals surface area contributed by atoms with E-state index in [1.165, 1.54) is 5.56 Å². The van der Waals surface area contributed by atoms with Crippen molar-refractivity contribution in [3.8, 4) is 0 Å². The van der Waals surface area contributed by atoms with Crippen LogP contribution in [0.2, 0.25) is 0 Å². The fraction of sp³-hybridized carbons (Fsp3) is 0.462. The number of hydrogen-bond donors (Lipinski definition) is 4. The van der Waals surface area contributed by atoms with Gasteiger partial charge in [-0.05, 0) is 17.7 Å². The second kappa shape index (κ2) is 6.00. The Morgan fingerprint density at radius 2 is 2.32 bits per heavy atom. The van der Waals surface area contributed by atoms with Crippen LogP contribution in [-0.4, -0.2) is 25.0 Å². The predicted octanol–water partition coefficient (Wildman–Crippen LogP) is 0.824. The van der Waals surface area contributed by atoms with Gasteiger partial charge in [-0.2, -0.15) is 5.53 Å². The zero-order chi connectivity index (χ0) is 13.9. The van der Waals surface area contributed by atoms with Crippen LogP contribution in [-0.2, 0) is 10.2 Å². The lowest BCUT2D eigenvalue weighted by molar-refractivity contribution is -0.122. The number of halogens is 1. The van der Waals surface area contributed by atoms with E-state index in [0.717, 1.165) is 4.47 Å². The van der Waals surface area contributed by atoms with Crippen LogP contribution in [0.25, 0.3) is 0 Å². The molecule has 1 aliphatic heterocycles. The quantitative estimate of drug-likeness (QED) is 0.661. The van der Waals surface area contributed by atoms with Crippen molar-refractivity contribution in [1.29, 1.82) is 0 Å². The molecule has 6 heteroatoms. The molecule has 5 nitrogen and oxygen atoms in total. The molecular weight excluding hydrogens is 308 g/mol. The third-order valence-electron chi connectivity index (χ3n) is 3.27. The van der Waals surface area contributed by atoms with Gasteiger partial charge in [0, 0.05) is 23.0 Å². The number of hydrogen-bond acceptors (Lipinski definition) is 4. The summed E-state index contributed by atoms with van der Waals surface area (Å²) in [5.74, 6) is 0.000529. The molecule has 19 heavy (non-hydrogen) atoms. The van der Waals surface area contributed by atoms with E-state index in [1.807, 2.05) is 12.1 Å². The summed E-state index contributed by atoms with van der Waals surface area (Å²) in [6, 6.07) is 7.95. The lowest BCUT2D eigenvalue weighted by Crippen LogP contribution is -2.47. The summed E-state index contributed by atoms with van der Waals surface area (Å²) in [4.78, 5) is 11.9. The first-order chi connectivity index (χ1) is 8.99. The Balaban J connectivity index is 1.95. The highest BCUT2D eigenvalue weighted by atomic mass is 79.9. The second-order valence-electron chi connectivity index (χ2n) is 5.31. The molecule has 0 aromatic heterocycles. The van der Waals surface area contributed by atoms with E-state index >= 15 is 0 Å². The van der Waals surface area contributed by atoms with E-state index < -0.39 is 0 Å². The summed E-state index contributed by atoms with van der Waals surface area (Å²) in [6.45, 7) is 5.42. The van der Waals surface area contributed by atoms with Crippen LogP contribution in [0.4, 0.5) is 0 Å². The lowest BCUT2D eigenvalue weighted by atomic mass is 9.84. The summed E-state index contributed by atoms with van der Waals surface area (Å²) in [5.41, 5.74) is 9.52. The van der Waals surface area contributed by atoms with Crippen molar-refractivity contribution in [1.82, 2.24) is 21.7 Å². The van der Waals surface area contributed by atoms with Gasteiger partial charge in [0.1, 0.15) is 6.04 Å². The van der Waals surface area contributed by atoms with E-state index in [-0.39, 0.29) is 17.4 Å². The first kappa shape index (κ1) is 14.5. The maximum Gasteiger partial charge on any atom is 0.239 e. The van der Waals surface area contributed by atoms with Crippen molar-refractivity contribution in [2.24, 2.45) is 0 Å². The molecule has 1 aromatic rings. The number of hydrazine groups is 2. The number of carbonyl (C=O) groups is 1. The maximum absolute atomic E-state index is 11.9. The van der Waals surface area contributed by atoms with Crippen LogP contribution < -0.4 is 21.7 Å². The standard InChI is InChI=1S/C13H19BrN4O/c1-13(2,9-4-3-5-10(14)6-9)8-15-12(19)11-7-16-18-17-11/h3-6,11,16-18H,7-8H2,1-2H3,(H,15,19). The smallest absolute Gasteiger partial charge is 0.239 e. The van der Waals surface area contributed by atoms with Gasteiger partial charge in [0.05, 0.1) is 0 Å². The Morgan fingerprint density at radius 1 is 1.53 bits per heavy atom. The molecule has 0 spiro atoms. The van der Waals surface area contributed by atoms with E-state index in [0.29, 0.717) is 13.1 Å². The van der Waals surface area contributed by atoms with Crippen LogP contribution in [0.15, 0.2) is 28.7 Å². The number of benzene rings is 1. The molecule has 1 saturated heterocycles. The van der Waals surface area contributed by atoms with Crippen LogP contribution in [0, 0.1) is 0 Å². The van der Waals surface area contributed by atoms with E-state index in [4.69, 9.17) is 0 Å². The SMILES string of the molecule is CC(C)(CNC(=O)C1CNNN1)c1cccc(Br)c1. The van der Waals surface area contributed by atoms with E-state index in [1.54, 1.807) is 0 Å². The van der Waals surface area contributed by atoms with E-state index in [9.17, 15) is 4.79 Å². The molecule has 1 aliphatic rings. The zero-order valence-corrected chi connectivity index (χ0v) is 12.7. The Labute approximate surface area is 121 Å². The van der Waals surface area contributed by atoms with Crippen molar-refractivity contribution in [3.05, 3.63) is 34.3 Å². The topological polar surface area (TPSA) is 65.2 Å². The summed E-state index contributed by atoms with van der Waals surface area (Å²) < 4.78 is 1.05. The van der Waals surface area contributed by atoms with Gasteiger partial charge in [0.25, 0.3) is 0 Å². The molecule has 0 radical (unpaired) electrons. The fourth-order valence-electron chi connectivity index (χ4n) is 1.94. The monoisotopic (exact) mass is 326 g/mol. The van der Waals surface area contributed by atoms with Gasteiger partial charge in [0.15, 0.2) is 0 Å². The van der Waals surface area contributed by atoms with Gasteiger partial charge in [-0.3, -0.25) is 4.79 Å². The number of nitrogens with one attached hydrogen (secondary N) is 4. The zero-order valence-electron chi connectivity index (χ0n) is 11.1. The van der Waals surface area contributed by atoms with Crippen molar-refractivity contribution < 1.29 is 4.79 Å². The second-order valence-corrected chi connectivity index (χ2v) is 6.23. The molecule has 0 aliphatic carbocycles. The average Bonchev–Trinajstić information content (AvgIpc) is 2.90. The molecule has 2 rings (SSSR count). The minimum atomic E-state index is -0.224. The molecule has 4 N–H and O–H groups in total. The Bertz CT molecular complexity index is 458. The molecule has 1 atom stereocenters. The van der Waals surface area contributed by atoms with Gasteiger partial charge < -0.3 is 5.32 Å². The van der Waals surface area contributed by atoms with Gasteiger partial charge in [-0.1, -0.05) is 41.9 Å². The third kappa shape index (κ3) is 3.76. The summed E-state index contributed by atoms with van der Waals surface area (Å²) >= 11 is 3.47. The minimum absolute atomic E-state index is 0.000529. The highest BCUT2D eigenvalue weighted by Crippen LogP contribution is 2.25. The highest BCUT2D eigenvalue weighted by Gasteiger charge is 2.26. The van der Waals surface area contributed by atoms with E-state index in [2.05, 4.69) is 63.6 Å². The maximum atomic E-state index is 11.9. The van der Waals surface area contributed by atoms with Crippen LogP contribution in [0.3, 0.4) is 0 Å². The first-order valence-electron chi connectivity index (χ1n) is 6.26. The highest BCUT2D eigenvalue weighted by molar-refractivity contribution is 9.10. The van der Waals surface area contributed by atoms with Gasteiger partial charge >= 0.3 is 0 Å². The summed E-state index contributed by atoms with van der Waals surface area (Å²) in [6.07, 6.45) is 0. The molecule has 1 aromatic carbocycles. The fourth-order valence-corrected chi connectivity index (χ4v) is 2.34. The predicted molar refractivity (Wildman–Crippen MR) is 78.2 cm³/mol. The van der Waals surface area contributed by atoms with Crippen molar-refractivity contribution in [2.75, 3.05) is 13.1 Å². The average molecular weight is 327 g/mol. The first-order valence-corrected chi connectivity index (χ1v) is 7.05. The van der Waals surface area contributed by atoms with Crippen molar-refractivity contribution >= 4 is 21.8 Å². The molecule has 0 saturated carbocycles. The van der Waals surface area contributed by atoms with Crippen LogP contribution in [0.1, 0.15) is 19.4 Å². The van der Waals surface area contributed by atoms with Crippen molar-refractivity contribution in [2.45, 2.75) is 25.3 Å². The molecular formula is C13H19BrN4O. The molecule has 1 amide bonds. The Morgan fingerprint density at radius 3 is 2.95 bits per heavy atom. The number of rotatable bonds is 4. The normalized spacial score (nSPS) is 19.4. The Kier molecular flexibility index (Phi) is 4.57. The molecule has 1 unspecified atom stereocenters. The molecule has 1 heterocycles. The lowest BCUT2D eigenvalue weighted by Gasteiger charge is -2.26. The third-order valence-corrected chi connectivity index (χ3v) is 3.76. The summed E-state index contributed by atoms with van der Waals surface area (Å²) in [5, 5.41) is 2.99. The molecule has 104 valence electrons. The minimum Gasteiger partial charge on any atom is -0.354 e. The summed E-state index contributed by atoms with van der Waals surface area (Å²) in [7, 11) is 0.